The lowest BCUT2D eigenvalue weighted by molar-refractivity contribution is 0.500. The first-order valence-corrected chi connectivity index (χ1v) is 6.19. The van der Waals surface area contributed by atoms with Crippen LogP contribution in [-0.4, -0.2) is 19.1 Å². The van der Waals surface area contributed by atoms with Crippen molar-refractivity contribution in [1.29, 1.82) is 0 Å². The molecule has 1 aromatic rings. The number of thioether (sulfide) groups is 1. The van der Waals surface area contributed by atoms with Gasteiger partial charge in [-0.15, -0.1) is 0 Å². The zero-order chi connectivity index (χ0) is 11.3. The largest absolute Gasteiger partial charge is 0.313 e. The topological polar surface area (TPSA) is 12.0 Å². The summed E-state index contributed by atoms with van der Waals surface area (Å²) < 4.78 is 25.7. The van der Waals surface area contributed by atoms with Crippen molar-refractivity contribution in [2.75, 3.05) is 19.1 Å². The van der Waals surface area contributed by atoms with Crippen LogP contribution in [0.1, 0.15) is 18.0 Å². The maximum atomic E-state index is 13.0. The lowest BCUT2D eigenvalue weighted by atomic mass is 10.0. The van der Waals surface area contributed by atoms with Crippen LogP contribution >= 0.6 is 11.8 Å². The van der Waals surface area contributed by atoms with E-state index in [1.807, 2.05) is 13.3 Å². The van der Waals surface area contributed by atoms with E-state index >= 15 is 0 Å². The van der Waals surface area contributed by atoms with Crippen LogP contribution in [0.4, 0.5) is 8.78 Å². The quantitative estimate of drug-likeness (QED) is 0.836. The van der Waals surface area contributed by atoms with E-state index in [0.29, 0.717) is 0 Å². The summed E-state index contributed by atoms with van der Waals surface area (Å²) in [6.07, 6.45) is 2.93. The van der Waals surface area contributed by atoms with Crippen LogP contribution in [0.3, 0.4) is 0 Å². The fourth-order valence-electron chi connectivity index (χ4n) is 1.44. The molecule has 0 spiro atoms. The first-order chi connectivity index (χ1) is 7.19. The van der Waals surface area contributed by atoms with E-state index in [4.69, 9.17) is 0 Å². The second-order valence-electron chi connectivity index (χ2n) is 3.30. The minimum Gasteiger partial charge on any atom is -0.313 e. The van der Waals surface area contributed by atoms with Crippen molar-refractivity contribution in [3.05, 3.63) is 35.4 Å². The highest BCUT2D eigenvalue weighted by atomic mass is 32.2. The van der Waals surface area contributed by atoms with Gasteiger partial charge in [0.05, 0.1) is 0 Å². The Morgan fingerprint density at radius 2 is 2.07 bits per heavy atom. The van der Waals surface area contributed by atoms with Gasteiger partial charge in [0.25, 0.3) is 0 Å². The smallest absolute Gasteiger partial charge is 0.159 e. The van der Waals surface area contributed by atoms with Gasteiger partial charge in [0.15, 0.2) is 11.6 Å². The third-order valence-electron chi connectivity index (χ3n) is 2.31. The van der Waals surface area contributed by atoms with E-state index < -0.39 is 11.6 Å². The third-order valence-corrected chi connectivity index (χ3v) is 2.95. The molecule has 1 aromatic carbocycles. The van der Waals surface area contributed by atoms with E-state index in [1.54, 1.807) is 17.8 Å². The second kappa shape index (κ2) is 6.08. The Labute approximate surface area is 93.3 Å². The minimum absolute atomic E-state index is 0.0903. The fourth-order valence-corrected chi connectivity index (χ4v) is 1.91. The minimum atomic E-state index is -0.793. The summed E-state index contributed by atoms with van der Waals surface area (Å²) in [5.41, 5.74) is 0.797. The molecule has 1 atom stereocenters. The number of nitrogens with one attached hydrogen (secondary N) is 1. The normalized spacial score (nSPS) is 12.8. The van der Waals surface area contributed by atoms with Crippen molar-refractivity contribution in [2.45, 2.75) is 12.5 Å². The van der Waals surface area contributed by atoms with Crippen LogP contribution < -0.4 is 5.32 Å². The second-order valence-corrected chi connectivity index (χ2v) is 4.28. The predicted molar refractivity (Wildman–Crippen MR) is 61.2 cm³/mol. The molecule has 84 valence electrons. The molecule has 0 fully saturated rings. The summed E-state index contributed by atoms with van der Waals surface area (Å²) in [4.78, 5) is 0. The Bertz CT molecular complexity index is 317. The van der Waals surface area contributed by atoms with Crippen molar-refractivity contribution in [1.82, 2.24) is 5.32 Å². The molecule has 0 saturated heterocycles. The molecule has 15 heavy (non-hydrogen) atoms. The molecular formula is C11H15F2NS. The number of hydrogen-bond acceptors (Lipinski definition) is 2. The molecule has 1 unspecified atom stereocenters. The number of hydrogen-bond donors (Lipinski definition) is 1. The molecule has 0 aliphatic heterocycles. The average Bonchev–Trinajstić information content (AvgIpc) is 2.24. The van der Waals surface area contributed by atoms with E-state index in [1.165, 1.54) is 12.1 Å². The van der Waals surface area contributed by atoms with Crippen molar-refractivity contribution in [3.63, 3.8) is 0 Å². The van der Waals surface area contributed by atoms with Gasteiger partial charge in [-0.1, -0.05) is 6.07 Å². The van der Waals surface area contributed by atoms with Crippen LogP contribution in [-0.2, 0) is 0 Å². The Hall–Kier alpha value is -0.610. The Balaban J connectivity index is 2.78. The van der Waals surface area contributed by atoms with Gasteiger partial charge < -0.3 is 5.32 Å². The van der Waals surface area contributed by atoms with Gasteiger partial charge in [-0.3, -0.25) is 0 Å². The van der Waals surface area contributed by atoms with Gasteiger partial charge in [-0.25, -0.2) is 8.78 Å². The van der Waals surface area contributed by atoms with E-state index in [0.717, 1.165) is 17.7 Å². The summed E-state index contributed by atoms with van der Waals surface area (Å²) in [7, 11) is 1.83. The first-order valence-electron chi connectivity index (χ1n) is 4.80. The van der Waals surface area contributed by atoms with Gasteiger partial charge in [0.1, 0.15) is 0 Å². The van der Waals surface area contributed by atoms with Gasteiger partial charge >= 0.3 is 0 Å². The molecule has 0 amide bonds. The Morgan fingerprint density at radius 3 is 2.60 bits per heavy atom. The monoisotopic (exact) mass is 231 g/mol. The summed E-state index contributed by atoms with van der Waals surface area (Å²) in [6, 6.07) is 4.15. The SMILES string of the molecule is CNC(CCSC)c1ccc(F)c(F)c1. The standard InChI is InChI=1S/C11H15F2NS/c1-14-11(5-6-15-2)8-3-4-9(12)10(13)7-8/h3-4,7,11,14H,5-6H2,1-2H3. The molecule has 0 heterocycles. The highest BCUT2D eigenvalue weighted by molar-refractivity contribution is 7.98. The molecule has 0 aromatic heterocycles. The molecule has 0 saturated carbocycles. The zero-order valence-corrected chi connectivity index (χ0v) is 9.70. The van der Waals surface area contributed by atoms with E-state index in [2.05, 4.69) is 5.32 Å². The molecule has 1 nitrogen and oxygen atoms in total. The molecule has 4 heteroatoms. The Morgan fingerprint density at radius 1 is 1.33 bits per heavy atom. The maximum absolute atomic E-state index is 13.0. The van der Waals surface area contributed by atoms with Crippen molar-refractivity contribution in [2.24, 2.45) is 0 Å². The van der Waals surface area contributed by atoms with Crippen molar-refractivity contribution < 1.29 is 8.78 Å². The lowest BCUT2D eigenvalue weighted by Crippen LogP contribution is -2.17. The van der Waals surface area contributed by atoms with Crippen LogP contribution in [0.2, 0.25) is 0 Å². The lowest BCUT2D eigenvalue weighted by Gasteiger charge is -2.16. The highest BCUT2D eigenvalue weighted by Gasteiger charge is 2.11. The van der Waals surface area contributed by atoms with Crippen LogP contribution in [0.25, 0.3) is 0 Å². The maximum Gasteiger partial charge on any atom is 0.159 e. The van der Waals surface area contributed by atoms with Crippen LogP contribution in [0.5, 0.6) is 0 Å². The van der Waals surface area contributed by atoms with E-state index in [9.17, 15) is 8.78 Å². The number of halogens is 2. The molecular weight excluding hydrogens is 216 g/mol. The van der Waals surface area contributed by atoms with Gasteiger partial charge in [0, 0.05) is 6.04 Å². The van der Waals surface area contributed by atoms with Gasteiger partial charge in [-0.2, -0.15) is 11.8 Å². The molecule has 1 N–H and O–H groups in total. The molecule has 0 aliphatic carbocycles. The summed E-state index contributed by atoms with van der Waals surface area (Å²) in [6.45, 7) is 0. The summed E-state index contributed by atoms with van der Waals surface area (Å²) in [5.74, 6) is -0.583. The number of rotatable bonds is 5. The van der Waals surface area contributed by atoms with Crippen molar-refractivity contribution in [3.8, 4) is 0 Å². The highest BCUT2D eigenvalue weighted by Crippen LogP contribution is 2.20. The molecule has 0 aliphatic rings. The van der Waals surface area contributed by atoms with Crippen LogP contribution in [0.15, 0.2) is 18.2 Å². The van der Waals surface area contributed by atoms with Gasteiger partial charge in [-0.05, 0) is 43.2 Å². The summed E-state index contributed by atoms with van der Waals surface area (Å²) >= 11 is 1.74. The Kier molecular flexibility index (Phi) is 5.05. The van der Waals surface area contributed by atoms with E-state index in [-0.39, 0.29) is 6.04 Å². The molecule has 1 rings (SSSR count). The zero-order valence-electron chi connectivity index (χ0n) is 8.89. The van der Waals surface area contributed by atoms with Crippen LogP contribution in [0, 0.1) is 11.6 Å². The third kappa shape index (κ3) is 3.47. The fraction of sp³-hybridized carbons (Fsp3) is 0.455. The predicted octanol–water partition coefficient (Wildman–Crippen LogP) is 2.98. The first kappa shape index (κ1) is 12.5. The summed E-state index contributed by atoms with van der Waals surface area (Å²) in [5, 5.41) is 3.10. The van der Waals surface area contributed by atoms with Gasteiger partial charge in [0.2, 0.25) is 0 Å². The van der Waals surface area contributed by atoms with Crippen molar-refractivity contribution >= 4 is 11.8 Å². The molecule has 0 bridgehead atoms. The average molecular weight is 231 g/mol. The molecule has 0 radical (unpaired) electrons. The number of benzene rings is 1.